The number of aromatic nitrogens is 1. The van der Waals surface area contributed by atoms with Crippen LogP contribution in [-0.4, -0.2) is 28.5 Å². The summed E-state index contributed by atoms with van der Waals surface area (Å²) in [5, 5.41) is 1.22. The Morgan fingerprint density at radius 3 is 2.41 bits per heavy atom. The third-order valence-corrected chi connectivity index (χ3v) is 4.11. The van der Waals surface area contributed by atoms with E-state index in [1.807, 2.05) is 11.1 Å². The molecule has 0 N–H and O–H groups in total. The number of benzene rings is 1. The zero-order valence-corrected chi connectivity index (χ0v) is 14.3. The highest BCUT2D eigenvalue weighted by Crippen LogP contribution is 2.22. The van der Waals surface area contributed by atoms with E-state index in [0.29, 0.717) is 12.5 Å². The zero-order chi connectivity index (χ0) is 16.1. The highest BCUT2D eigenvalue weighted by atomic mass is 16.2. The van der Waals surface area contributed by atoms with Crippen molar-refractivity contribution in [1.82, 2.24) is 9.47 Å². The van der Waals surface area contributed by atoms with Crippen LogP contribution in [-0.2, 0) is 11.3 Å². The quantitative estimate of drug-likeness (QED) is 0.743. The van der Waals surface area contributed by atoms with Gasteiger partial charge in [0.1, 0.15) is 6.54 Å². The van der Waals surface area contributed by atoms with Gasteiger partial charge in [0.15, 0.2) is 0 Å². The van der Waals surface area contributed by atoms with Crippen LogP contribution < -0.4 is 0 Å². The van der Waals surface area contributed by atoms with Crippen molar-refractivity contribution in [1.29, 1.82) is 0 Å². The first-order chi connectivity index (χ1) is 10.6. The largest absolute Gasteiger partial charge is 0.341 e. The third-order valence-electron chi connectivity index (χ3n) is 4.11. The predicted octanol–water partition coefficient (Wildman–Crippen LogP) is 4.41. The molecule has 0 aliphatic heterocycles. The van der Waals surface area contributed by atoms with Gasteiger partial charge < -0.3 is 9.47 Å². The molecule has 0 fully saturated rings. The Morgan fingerprint density at radius 2 is 1.82 bits per heavy atom. The molecule has 0 radical (unpaired) electrons. The summed E-state index contributed by atoms with van der Waals surface area (Å²) in [7, 11) is 0. The van der Waals surface area contributed by atoms with Gasteiger partial charge in [0.2, 0.25) is 5.91 Å². The van der Waals surface area contributed by atoms with E-state index in [9.17, 15) is 4.79 Å². The summed E-state index contributed by atoms with van der Waals surface area (Å²) in [6.07, 6.45) is 4.05. The van der Waals surface area contributed by atoms with Gasteiger partial charge in [-0.25, -0.2) is 0 Å². The molecule has 2 rings (SSSR count). The SMILES string of the molecule is CCCN(CCC)C(=O)Cn1ccc2cc(C(C)C)ccc21. The molecule has 1 aromatic heterocycles. The van der Waals surface area contributed by atoms with Gasteiger partial charge in [0, 0.05) is 24.8 Å². The van der Waals surface area contributed by atoms with Crippen molar-refractivity contribution in [2.45, 2.75) is 53.0 Å². The second kappa shape index (κ2) is 7.48. The van der Waals surface area contributed by atoms with Crippen LogP contribution >= 0.6 is 0 Å². The van der Waals surface area contributed by atoms with Gasteiger partial charge in [-0.05, 0) is 47.9 Å². The molecule has 0 atom stereocenters. The van der Waals surface area contributed by atoms with Crippen molar-refractivity contribution in [3.05, 3.63) is 36.0 Å². The molecule has 120 valence electrons. The third kappa shape index (κ3) is 3.70. The Hall–Kier alpha value is -1.77. The molecule has 0 aliphatic carbocycles. The lowest BCUT2D eigenvalue weighted by molar-refractivity contribution is -0.131. The summed E-state index contributed by atoms with van der Waals surface area (Å²) in [5.41, 5.74) is 2.49. The second-order valence-electron chi connectivity index (χ2n) is 6.30. The van der Waals surface area contributed by atoms with Gasteiger partial charge in [-0.1, -0.05) is 33.8 Å². The van der Waals surface area contributed by atoms with Crippen LogP contribution in [0.5, 0.6) is 0 Å². The van der Waals surface area contributed by atoms with E-state index in [1.54, 1.807) is 0 Å². The zero-order valence-electron chi connectivity index (χ0n) is 14.3. The number of hydrogen-bond acceptors (Lipinski definition) is 1. The number of carbonyl (C=O) groups is 1. The Labute approximate surface area is 133 Å². The van der Waals surface area contributed by atoms with Crippen molar-refractivity contribution in [2.24, 2.45) is 0 Å². The van der Waals surface area contributed by atoms with Crippen molar-refractivity contribution in [3.8, 4) is 0 Å². The molecule has 0 saturated heterocycles. The van der Waals surface area contributed by atoms with Crippen LogP contribution in [0.3, 0.4) is 0 Å². The molecule has 1 amide bonds. The van der Waals surface area contributed by atoms with Crippen LogP contribution in [0.25, 0.3) is 10.9 Å². The molecule has 22 heavy (non-hydrogen) atoms. The molecule has 3 heteroatoms. The van der Waals surface area contributed by atoms with Gasteiger partial charge in [0.05, 0.1) is 0 Å². The van der Waals surface area contributed by atoms with E-state index >= 15 is 0 Å². The first-order valence-electron chi connectivity index (χ1n) is 8.43. The van der Waals surface area contributed by atoms with Gasteiger partial charge in [0.25, 0.3) is 0 Å². The lowest BCUT2D eigenvalue weighted by Crippen LogP contribution is -2.35. The minimum absolute atomic E-state index is 0.217. The number of carbonyl (C=O) groups excluding carboxylic acids is 1. The first-order valence-corrected chi connectivity index (χ1v) is 8.43. The standard InChI is InChI=1S/C19H28N2O/c1-5-10-20(11-6-2)19(22)14-21-12-9-17-13-16(15(3)4)7-8-18(17)21/h7-9,12-13,15H,5-6,10-11,14H2,1-4H3. The summed E-state index contributed by atoms with van der Waals surface area (Å²) in [6, 6.07) is 8.65. The van der Waals surface area contributed by atoms with E-state index in [0.717, 1.165) is 31.4 Å². The highest BCUT2D eigenvalue weighted by Gasteiger charge is 2.13. The van der Waals surface area contributed by atoms with Crippen molar-refractivity contribution >= 4 is 16.8 Å². The number of amides is 1. The monoisotopic (exact) mass is 300 g/mol. The number of fused-ring (bicyclic) bond motifs is 1. The smallest absolute Gasteiger partial charge is 0.242 e. The van der Waals surface area contributed by atoms with Gasteiger partial charge in [-0.2, -0.15) is 0 Å². The van der Waals surface area contributed by atoms with Crippen LogP contribution in [0.4, 0.5) is 0 Å². The normalized spacial score (nSPS) is 11.3. The second-order valence-corrected chi connectivity index (χ2v) is 6.30. The molecule has 0 unspecified atom stereocenters. The Morgan fingerprint density at radius 1 is 1.14 bits per heavy atom. The summed E-state index contributed by atoms with van der Waals surface area (Å²) in [4.78, 5) is 14.5. The fraction of sp³-hybridized carbons (Fsp3) is 0.526. The number of hydrogen-bond donors (Lipinski definition) is 0. The average Bonchev–Trinajstić information content (AvgIpc) is 2.89. The lowest BCUT2D eigenvalue weighted by Gasteiger charge is -2.22. The van der Waals surface area contributed by atoms with Gasteiger partial charge in [-0.3, -0.25) is 4.79 Å². The van der Waals surface area contributed by atoms with Crippen LogP contribution in [0.15, 0.2) is 30.5 Å². The molecule has 0 bridgehead atoms. The summed E-state index contributed by atoms with van der Waals surface area (Å²) in [5.74, 6) is 0.744. The maximum absolute atomic E-state index is 12.5. The van der Waals surface area contributed by atoms with E-state index in [1.165, 1.54) is 10.9 Å². The summed E-state index contributed by atoms with van der Waals surface area (Å²) in [6.45, 7) is 10.8. The maximum Gasteiger partial charge on any atom is 0.242 e. The fourth-order valence-electron chi connectivity index (χ4n) is 2.86. The molecule has 1 heterocycles. The molecule has 1 aromatic carbocycles. The molecule has 3 nitrogen and oxygen atoms in total. The first kappa shape index (κ1) is 16.6. The van der Waals surface area contributed by atoms with Crippen molar-refractivity contribution in [3.63, 3.8) is 0 Å². The molecule has 0 aliphatic rings. The van der Waals surface area contributed by atoms with E-state index in [2.05, 4.69) is 56.5 Å². The van der Waals surface area contributed by atoms with E-state index in [-0.39, 0.29) is 5.91 Å². The van der Waals surface area contributed by atoms with E-state index < -0.39 is 0 Å². The predicted molar refractivity (Wildman–Crippen MR) is 93.2 cm³/mol. The number of rotatable bonds is 7. The molecular weight excluding hydrogens is 272 g/mol. The average molecular weight is 300 g/mol. The summed E-state index contributed by atoms with van der Waals surface area (Å²) < 4.78 is 2.07. The lowest BCUT2D eigenvalue weighted by atomic mass is 10.0. The molecule has 0 spiro atoms. The highest BCUT2D eigenvalue weighted by molar-refractivity contribution is 5.84. The minimum atomic E-state index is 0.217. The Kier molecular flexibility index (Phi) is 5.64. The van der Waals surface area contributed by atoms with Gasteiger partial charge >= 0.3 is 0 Å². The molecular formula is C19H28N2O. The van der Waals surface area contributed by atoms with Crippen LogP contribution in [0, 0.1) is 0 Å². The van der Waals surface area contributed by atoms with Crippen LogP contribution in [0.2, 0.25) is 0 Å². The topological polar surface area (TPSA) is 25.2 Å². The van der Waals surface area contributed by atoms with E-state index in [4.69, 9.17) is 0 Å². The number of nitrogens with zero attached hydrogens (tertiary/aromatic N) is 2. The van der Waals surface area contributed by atoms with Gasteiger partial charge in [-0.15, -0.1) is 0 Å². The Balaban J connectivity index is 2.19. The fourth-order valence-corrected chi connectivity index (χ4v) is 2.86. The minimum Gasteiger partial charge on any atom is -0.341 e. The van der Waals surface area contributed by atoms with Crippen LogP contribution in [0.1, 0.15) is 52.0 Å². The maximum atomic E-state index is 12.5. The van der Waals surface area contributed by atoms with Crippen molar-refractivity contribution < 1.29 is 4.79 Å². The molecule has 2 aromatic rings. The summed E-state index contributed by atoms with van der Waals surface area (Å²) >= 11 is 0. The Bertz CT molecular complexity index is 621. The van der Waals surface area contributed by atoms with Crippen molar-refractivity contribution in [2.75, 3.05) is 13.1 Å². The molecule has 0 saturated carbocycles.